The van der Waals surface area contributed by atoms with Gasteiger partial charge < -0.3 is 0 Å². The Bertz CT molecular complexity index is 663. The van der Waals surface area contributed by atoms with Crippen LogP contribution in [0.15, 0.2) is 36.7 Å². The number of alkyl halides is 2. The lowest BCUT2D eigenvalue weighted by atomic mass is 10.0. The Balaban J connectivity index is 2.47. The molecule has 0 amide bonds. The van der Waals surface area contributed by atoms with Crippen LogP contribution in [-0.2, 0) is 10.7 Å². The van der Waals surface area contributed by atoms with E-state index in [0.717, 1.165) is 21.7 Å². The van der Waals surface area contributed by atoms with Crippen molar-refractivity contribution in [3.8, 4) is 0 Å². The topological polar surface area (TPSA) is 25.8 Å². The molecule has 0 bridgehead atoms. The van der Waals surface area contributed by atoms with Crippen LogP contribution in [0.3, 0.4) is 0 Å². The van der Waals surface area contributed by atoms with Crippen molar-refractivity contribution in [2.45, 2.75) is 10.7 Å². The fourth-order valence-electron chi connectivity index (χ4n) is 2.18. The maximum absolute atomic E-state index is 4.49. The van der Waals surface area contributed by atoms with Crippen molar-refractivity contribution in [1.82, 2.24) is 9.97 Å². The molecule has 0 N–H and O–H groups in total. The summed E-state index contributed by atoms with van der Waals surface area (Å²) in [6.45, 7) is 0. The van der Waals surface area contributed by atoms with Crippen molar-refractivity contribution in [2.24, 2.45) is 0 Å². The molecule has 18 heavy (non-hydrogen) atoms. The highest BCUT2D eigenvalue weighted by Gasteiger charge is 2.08. The molecule has 1 aromatic carbocycles. The predicted molar refractivity (Wildman–Crippen MR) is 82.3 cm³/mol. The number of halogens is 2. The highest BCUT2D eigenvalue weighted by molar-refractivity contribution is 9.08. The number of fused-ring (bicyclic) bond motifs is 3. The number of hydrogen-bond acceptors (Lipinski definition) is 2. The summed E-state index contributed by atoms with van der Waals surface area (Å²) in [5, 5.41) is 3.99. The van der Waals surface area contributed by atoms with Crippen LogP contribution in [0, 0.1) is 0 Å². The maximum Gasteiger partial charge on any atom is 0.0967 e. The molecule has 0 saturated carbocycles. The molecule has 0 fully saturated rings. The van der Waals surface area contributed by atoms with E-state index in [1.807, 2.05) is 24.5 Å². The summed E-state index contributed by atoms with van der Waals surface area (Å²) in [6.07, 6.45) is 3.70. The third kappa shape index (κ3) is 1.84. The van der Waals surface area contributed by atoms with E-state index in [-0.39, 0.29) is 0 Å². The molecule has 0 atom stereocenters. The molecular weight excluding hydrogens is 356 g/mol. The van der Waals surface area contributed by atoms with E-state index in [0.29, 0.717) is 0 Å². The standard InChI is InChI=1S/C14H10Br2N2/c15-7-9-3-5-17-13-11(9)1-2-12-10(8-16)4-6-18-14(12)13/h1-6H,7-8H2. The van der Waals surface area contributed by atoms with Gasteiger partial charge in [0.2, 0.25) is 0 Å². The summed E-state index contributed by atoms with van der Waals surface area (Å²) in [5.41, 5.74) is 4.44. The SMILES string of the molecule is BrCc1ccnc2c1ccc1c(CBr)ccnc12. The summed E-state index contributed by atoms with van der Waals surface area (Å²) in [4.78, 5) is 8.99. The van der Waals surface area contributed by atoms with Gasteiger partial charge in [0.15, 0.2) is 0 Å². The first-order chi connectivity index (χ1) is 8.85. The second-order valence-electron chi connectivity index (χ2n) is 4.07. The zero-order valence-electron chi connectivity index (χ0n) is 9.53. The monoisotopic (exact) mass is 364 g/mol. The van der Waals surface area contributed by atoms with Gasteiger partial charge in [0.25, 0.3) is 0 Å². The van der Waals surface area contributed by atoms with E-state index in [9.17, 15) is 0 Å². The first-order valence-corrected chi connectivity index (χ1v) is 7.85. The molecule has 0 aliphatic rings. The van der Waals surface area contributed by atoms with Gasteiger partial charge >= 0.3 is 0 Å². The lowest BCUT2D eigenvalue weighted by molar-refractivity contribution is 1.32. The van der Waals surface area contributed by atoms with E-state index >= 15 is 0 Å². The van der Waals surface area contributed by atoms with E-state index < -0.39 is 0 Å². The van der Waals surface area contributed by atoms with Gasteiger partial charge in [0.05, 0.1) is 11.0 Å². The van der Waals surface area contributed by atoms with Crippen molar-refractivity contribution in [3.63, 3.8) is 0 Å². The van der Waals surface area contributed by atoms with Crippen LogP contribution >= 0.6 is 31.9 Å². The van der Waals surface area contributed by atoms with Gasteiger partial charge in [0, 0.05) is 33.8 Å². The lowest BCUT2D eigenvalue weighted by Crippen LogP contribution is -1.91. The summed E-state index contributed by atoms with van der Waals surface area (Å²) in [7, 11) is 0. The zero-order chi connectivity index (χ0) is 12.5. The van der Waals surface area contributed by atoms with Crippen molar-refractivity contribution in [2.75, 3.05) is 0 Å². The van der Waals surface area contributed by atoms with Crippen LogP contribution < -0.4 is 0 Å². The molecule has 4 heteroatoms. The Hall–Kier alpha value is -1.00. The molecule has 3 aromatic rings. The second-order valence-corrected chi connectivity index (χ2v) is 5.19. The number of rotatable bonds is 2. The Kier molecular flexibility index (Phi) is 3.31. The molecule has 0 unspecified atom stereocenters. The zero-order valence-corrected chi connectivity index (χ0v) is 12.7. The van der Waals surface area contributed by atoms with Crippen LogP contribution in [-0.4, -0.2) is 9.97 Å². The van der Waals surface area contributed by atoms with E-state index in [2.05, 4.69) is 54.0 Å². The summed E-state index contributed by atoms with van der Waals surface area (Å²) in [5.74, 6) is 0. The molecular formula is C14H10Br2N2. The van der Waals surface area contributed by atoms with Gasteiger partial charge in [-0.1, -0.05) is 44.0 Å². The molecule has 2 aromatic heterocycles. The van der Waals surface area contributed by atoms with Crippen molar-refractivity contribution in [1.29, 1.82) is 0 Å². The average Bonchev–Trinajstić information content (AvgIpc) is 2.45. The maximum atomic E-state index is 4.49. The minimum Gasteiger partial charge on any atom is -0.254 e. The Morgan fingerprint density at radius 1 is 0.722 bits per heavy atom. The Morgan fingerprint density at radius 3 is 1.56 bits per heavy atom. The van der Waals surface area contributed by atoms with Crippen LogP contribution in [0.4, 0.5) is 0 Å². The fraction of sp³-hybridized carbons (Fsp3) is 0.143. The third-order valence-electron chi connectivity index (χ3n) is 3.09. The highest BCUT2D eigenvalue weighted by Crippen LogP contribution is 2.28. The van der Waals surface area contributed by atoms with Gasteiger partial charge in [-0.2, -0.15) is 0 Å². The van der Waals surface area contributed by atoms with Crippen molar-refractivity contribution in [3.05, 3.63) is 47.8 Å². The Labute approximate surface area is 122 Å². The van der Waals surface area contributed by atoms with Crippen molar-refractivity contribution < 1.29 is 0 Å². The van der Waals surface area contributed by atoms with Gasteiger partial charge in [-0.05, 0) is 23.3 Å². The van der Waals surface area contributed by atoms with E-state index in [1.54, 1.807) is 0 Å². The minimum absolute atomic E-state index is 0.829. The molecule has 90 valence electrons. The molecule has 2 nitrogen and oxygen atoms in total. The number of pyridine rings is 2. The van der Waals surface area contributed by atoms with Crippen LogP contribution in [0.2, 0.25) is 0 Å². The lowest BCUT2D eigenvalue weighted by Gasteiger charge is -2.07. The first-order valence-electron chi connectivity index (χ1n) is 5.61. The van der Waals surface area contributed by atoms with Crippen LogP contribution in [0.1, 0.15) is 11.1 Å². The van der Waals surface area contributed by atoms with Gasteiger partial charge in [-0.15, -0.1) is 0 Å². The fourth-order valence-corrected chi connectivity index (χ4v) is 3.15. The largest absolute Gasteiger partial charge is 0.254 e. The molecule has 2 heterocycles. The van der Waals surface area contributed by atoms with Gasteiger partial charge in [-0.3, -0.25) is 9.97 Å². The smallest absolute Gasteiger partial charge is 0.0967 e. The second kappa shape index (κ2) is 4.94. The quantitative estimate of drug-likeness (QED) is 0.491. The van der Waals surface area contributed by atoms with Crippen LogP contribution in [0.25, 0.3) is 21.8 Å². The average molecular weight is 366 g/mol. The number of hydrogen-bond donors (Lipinski definition) is 0. The van der Waals surface area contributed by atoms with Gasteiger partial charge in [-0.25, -0.2) is 0 Å². The molecule has 0 radical (unpaired) electrons. The number of nitrogens with zero attached hydrogens (tertiary/aromatic N) is 2. The third-order valence-corrected chi connectivity index (χ3v) is 4.30. The predicted octanol–water partition coefficient (Wildman–Crippen LogP) is 4.57. The number of aromatic nitrogens is 2. The summed E-state index contributed by atoms with van der Waals surface area (Å²) in [6, 6.07) is 8.35. The van der Waals surface area contributed by atoms with Crippen LogP contribution in [0.5, 0.6) is 0 Å². The normalized spacial score (nSPS) is 11.2. The first kappa shape index (κ1) is 12.1. The van der Waals surface area contributed by atoms with Crippen molar-refractivity contribution >= 4 is 53.7 Å². The Morgan fingerprint density at radius 2 is 1.17 bits per heavy atom. The minimum atomic E-state index is 0.829. The summed E-state index contributed by atoms with van der Waals surface area (Å²) < 4.78 is 0. The molecule has 0 aliphatic heterocycles. The molecule has 0 spiro atoms. The van der Waals surface area contributed by atoms with E-state index in [4.69, 9.17) is 0 Å². The number of benzene rings is 1. The van der Waals surface area contributed by atoms with Gasteiger partial charge in [0.1, 0.15) is 0 Å². The molecule has 3 rings (SSSR count). The summed E-state index contributed by atoms with van der Waals surface area (Å²) >= 11 is 7.03. The van der Waals surface area contributed by atoms with E-state index in [1.165, 1.54) is 21.9 Å². The molecule has 0 aliphatic carbocycles. The molecule has 0 saturated heterocycles. The highest BCUT2D eigenvalue weighted by atomic mass is 79.9.